The predicted molar refractivity (Wildman–Crippen MR) is 85.5 cm³/mol. The Morgan fingerprint density at radius 3 is 2.89 bits per heavy atom. The number of fused-ring (bicyclic) bond motifs is 4. The molecular formula is C17H10S2. The average molecular weight is 278 g/mol. The topological polar surface area (TPSA) is 0 Å². The number of benzene rings is 2. The Morgan fingerprint density at radius 2 is 1.89 bits per heavy atom. The summed E-state index contributed by atoms with van der Waals surface area (Å²) in [4.78, 5) is 1.53. The first-order valence-corrected chi connectivity index (χ1v) is 8.21. The molecule has 0 unspecified atom stereocenters. The number of rotatable bonds is 0. The van der Waals surface area contributed by atoms with Crippen LogP contribution < -0.4 is 0 Å². The highest BCUT2D eigenvalue weighted by molar-refractivity contribution is 7.12. The molecule has 0 saturated carbocycles. The van der Waals surface area contributed by atoms with Crippen LogP contribution in [0.3, 0.4) is 0 Å². The number of thiophene rings is 2. The zero-order chi connectivity index (χ0) is 12.4. The van der Waals surface area contributed by atoms with E-state index in [1.165, 1.54) is 43.1 Å². The molecule has 90 valence electrons. The van der Waals surface area contributed by atoms with Gasteiger partial charge in [0.1, 0.15) is 0 Å². The highest BCUT2D eigenvalue weighted by atomic mass is 32.1. The smallest absolute Gasteiger partial charge is 0.0175 e. The molecule has 2 aromatic carbocycles. The Kier molecular flexibility index (Phi) is 1.86. The molecule has 0 spiro atoms. The van der Waals surface area contributed by atoms with Gasteiger partial charge in [0.15, 0.2) is 0 Å². The zero-order valence-electron chi connectivity index (χ0n) is 10.1. The second kappa shape index (κ2) is 3.47. The molecule has 0 nitrogen and oxygen atoms in total. The summed E-state index contributed by atoms with van der Waals surface area (Å²) in [6, 6.07) is 11.1. The summed E-state index contributed by atoms with van der Waals surface area (Å²) in [7, 11) is 0. The van der Waals surface area contributed by atoms with Gasteiger partial charge in [-0.15, -0.1) is 11.3 Å². The first-order chi connectivity index (χ1) is 9.42. The lowest BCUT2D eigenvalue weighted by atomic mass is 9.87. The molecule has 0 amide bonds. The highest BCUT2D eigenvalue weighted by Crippen LogP contribution is 2.47. The van der Waals surface area contributed by atoms with E-state index in [0.717, 1.165) is 6.42 Å². The van der Waals surface area contributed by atoms with Crippen molar-refractivity contribution < 1.29 is 0 Å². The molecule has 0 bridgehead atoms. The molecule has 0 fully saturated rings. The molecular weight excluding hydrogens is 268 g/mol. The van der Waals surface area contributed by atoms with Gasteiger partial charge >= 0.3 is 0 Å². The lowest BCUT2D eigenvalue weighted by molar-refractivity contribution is 1.27. The average Bonchev–Trinajstić information content (AvgIpc) is 3.06. The van der Waals surface area contributed by atoms with Crippen molar-refractivity contribution in [3.8, 4) is 11.1 Å². The third kappa shape index (κ3) is 1.23. The van der Waals surface area contributed by atoms with E-state index in [4.69, 9.17) is 0 Å². The quantitative estimate of drug-likeness (QED) is 0.341. The minimum atomic E-state index is 1.11. The van der Waals surface area contributed by atoms with Crippen LogP contribution in [0.5, 0.6) is 0 Å². The molecule has 0 radical (unpaired) electrons. The van der Waals surface area contributed by atoms with Crippen molar-refractivity contribution >= 4 is 44.2 Å². The van der Waals surface area contributed by atoms with Crippen LogP contribution in [0.4, 0.5) is 0 Å². The maximum Gasteiger partial charge on any atom is 0.0175 e. The Labute approximate surface area is 118 Å². The number of hydrogen-bond acceptors (Lipinski definition) is 2. The summed E-state index contributed by atoms with van der Waals surface area (Å²) in [5.41, 5.74) is 4.42. The first-order valence-electron chi connectivity index (χ1n) is 6.39. The minimum absolute atomic E-state index is 1.11. The standard InChI is InChI=1S/C17H10S2/c1-2-4-13-10(3-1)5-12-8-19-15-6-11-7-18-9-14(11)17(13)16(12)15/h1-5,7-9H,6H2. The molecule has 4 aromatic rings. The van der Waals surface area contributed by atoms with Crippen LogP contribution in [0.2, 0.25) is 0 Å². The summed E-state index contributed by atoms with van der Waals surface area (Å²) < 4.78 is 0. The minimum Gasteiger partial charge on any atom is -0.151 e. The SMILES string of the molecule is c1ccc2c3c4c(scc4cc2c1)Cc1cscc1-3. The van der Waals surface area contributed by atoms with Gasteiger partial charge < -0.3 is 0 Å². The summed E-state index contributed by atoms with van der Waals surface area (Å²) in [5.74, 6) is 0. The lowest BCUT2D eigenvalue weighted by Crippen LogP contribution is -1.95. The molecule has 1 aliphatic carbocycles. The molecule has 5 rings (SSSR count). The van der Waals surface area contributed by atoms with Crippen LogP contribution in [0, 0.1) is 0 Å². The molecule has 2 aromatic heterocycles. The fourth-order valence-electron chi connectivity index (χ4n) is 3.22. The maximum absolute atomic E-state index is 2.34. The van der Waals surface area contributed by atoms with Gasteiger partial charge in [-0.1, -0.05) is 24.3 Å². The van der Waals surface area contributed by atoms with Gasteiger partial charge in [-0.3, -0.25) is 0 Å². The van der Waals surface area contributed by atoms with Crippen molar-refractivity contribution in [2.45, 2.75) is 6.42 Å². The molecule has 0 saturated heterocycles. The summed E-state index contributed by atoms with van der Waals surface area (Å²) in [6.45, 7) is 0. The van der Waals surface area contributed by atoms with Gasteiger partial charge in [0.05, 0.1) is 0 Å². The van der Waals surface area contributed by atoms with E-state index in [9.17, 15) is 0 Å². The molecule has 2 heteroatoms. The van der Waals surface area contributed by atoms with Gasteiger partial charge in [0.2, 0.25) is 0 Å². The van der Waals surface area contributed by atoms with Crippen molar-refractivity contribution in [2.24, 2.45) is 0 Å². The molecule has 0 aliphatic heterocycles. The zero-order valence-corrected chi connectivity index (χ0v) is 11.8. The fraction of sp³-hybridized carbons (Fsp3) is 0.0588. The molecule has 19 heavy (non-hydrogen) atoms. The fourth-order valence-corrected chi connectivity index (χ4v) is 5.10. The molecule has 0 atom stereocenters. The van der Waals surface area contributed by atoms with Crippen LogP contribution in [-0.4, -0.2) is 0 Å². The van der Waals surface area contributed by atoms with Crippen molar-refractivity contribution in [1.29, 1.82) is 0 Å². The van der Waals surface area contributed by atoms with E-state index in [0.29, 0.717) is 0 Å². The van der Waals surface area contributed by atoms with Crippen molar-refractivity contribution in [3.63, 3.8) is 0 Å². The van der Waals surface area contributed by atoms with E-state index in [1.807, 2.05) is 22.7 Å². The second-order valence-corrected chi connectivity index (χ2v) is 6.79. The van der Waals surface area contributed by atoms with E-state index >= 15 is 0 Å². The van der Waals surface area contributed by atoms with E-state index < -0.39 is 0 Å². The normalized spacial score (nSPS) is 13.1. The van der Waals surface area contributed by atoms with Crippen LogP contribution in [0.1, 0.15) is 10.4 Å². The third-order valence-electron chi connectivity index (χ3n) is 4.05. The van der Waals surface area contributed by atoms with Gasteiger partial charge in [0, 0.05) is 16.7 Å². The summed E-state index contributed by atoms with van der Waals surface area (Å²) in [5, 5.41) is 12.6. The highest BCUT2D eigenvalue weighted by Gasteiger charge is 2.22. The van der Waals surface area contributed by atoms with Crippen LogP contribution in [0.15, 0.2) is 46.5 Å². The van der Waals surface area contributed by atoms with Crippen molar-refractivity contribution in [2.75, 3.05) is 0 Å². The summed E-state index contributed by atoms with van der Waals surface area (Å²) >= 11 is 3.74. The van der Waals surface area contributed by atoms with Gasteiger partial charge in [-0.25, -0.2) is 0 Å². The monoisotopic (exact) mass is 278 g/mol. The van der Waals surface area contributed by atoms with E-state index in [-0.39, 0.29) is 0 Å². The van der Waals surface area contributed by atoms with Crippen LogP contribution in [0.25, 0.3) is 32.7 Å². The van der Waals surface area contributed by atoms with Gasteiger partial charge in [0.25, 0.3) is 0 Å². The Bertz CT molecular complexity index is 940. The second-order valence-electron chi connectivity index (χ2n) is 5.08. The largest absolute Gasteiger partial charge is 0.151 e. The number of hydrogen-bond donors (Lipinski definition) is 0. The Balaban J connectivity index is 2.13. The molecule has 2 heterocycles. The third-order valence-corrected chi connectivity index (χ3v) is 5.85. The van der Waals surface area contributed by atoms with Gasteiger partial charge in [-0.2, -0.15) is 11.3 Å². The van der Waals surface area contributed by atoms with E-state index in [2.05, 4.69) is 46.5 Å². The first kappa shape index (κ1) is 10.2. The van der Waals surface area contributed by atoms with Gasteiger partial charge in [-0.05, 0) is 55.1 Å². The Hall–Kier alpha value is -1.64. The molecule has 0 N–H and O–H groups in total. The van der Waals surface area contributed by atoms with Crippen molar-refractivity contribution in [3.05, 3.63) is 56.9 Å². The Morgan fingerprint density at radius 1 is 0.947 bits per heavy atom. The van der Waals surface area contributed by atoms with Crippen LogP contribution in [-0.2, 0) is 6.42 Å². The predicted octanol–water partition coefficient (Wildman–Crippen LogP) is 5.69. The maximum atomic E-state index is 2.34. The van der Waals surface area contributed by atoms with Crippen molar-refractivity contribution in [1.82, 2.24) is 0 Å². The summed E-state index contributed by atoms with van der Waals surface area (Å²) in [6.07, 6.45) is 1.11. The van der Waals surface area contributed by atoms with Crippen LogP contribution >= 0.6 is 22.7 Å². The molecule has 1 aliphatic rings. The lowest BCUT2D eigenvalue weighted by Gasteiger charge is -2.16. The van der Waals surface area contributed by atoms with E-state index in [1.54, 1.807) is 0 Å².